The van der Waals surface area contributed by atoms with Gasteiger partial charge in [-0.15, -0.1) is 0 Å². The summed E-state index contributed by atoms with van der Waals surface area (Å²) < 4.78 is 11.4. The van der Waals surface area contributed by atoms with Crippen LogP contribution in [-0.2, 0) is 11.2 Å². The monoisotopic (exact) mass is 371 g/mol. The highest BCUT2D eigenvalue weighted by molar-refractivity contribution is 6.04. The lowest BCUT2D eigenvalue weighted by atomic mass is 10.1. The summed E-state index contributed by atoms with van der Waals surface area (Å²) in [4.78, 5) is 23.3. The number of amides is 1. The van der Waals surface area contributed by atoms with E-state index in [1.165, 1.54) is 0 Å². The van der Waals surface area contributed by atoms with Crippen molar-refractivity contribution < 1.29 is 24.2 Å². The van der Waals surface area contributed by atoms with Crippen LogP contribution in [0.1, 0.15) is 42.6 Å². The molecule has 0 saturated heterocycles. The van der Waals surface area contributed by atoms with Crippen LogP contribution < -0.4 is 14.8 Å². The van der Waals surface area contributed by atoms with E-state index in [1.54, 1.807) is 42.5 Å². The van der Waals surface area contributed by atoms with Crippen molar-refractivity contribution in [3.63, 3.8) is 0 Å². The predicted molar refractivity (Wildman–Crippen MR) is 104 cm³/mol. The van der Waals surface area contributed by atoms with E-state index in [4.69, 9.17) is 14.6 Å². The Morgan fingerprint density at radius 2 is 1.56 bits per heavy atom. The third-order valence-corrected chi connectivity index (χ3v) is 3.70. The minimum atomic E-state index is -0.892. The molecule has 2 aromatic rings. The summed E-state index contributed by atoms with van der Waals surface area (Å²) in [5, 5.41) is 11.6. The molecule has 0 aliphatic rings. The summed E-state index contributed by atoms with van der Waals surface area (Å²) in [7, 11) is 0. The Labute approximate surface area is 159 Å². The number of aliphatic carboxylic acids is 1. The van der Waals surface area contributed by atoms with Crippen molar-refractivity contribution in [2.45, 2.75) is 33.1 Å². The van der Waals surface area contributed by atoms with Gasteiger partial charge in [0.1, 0.15) is 0 Å². The van der Waals surface area contributed by atoms with Gasteiger partial charge in [0.2, 0.25) is 0 Å². The molecule has 0 spiro atoms. The maximum atomic E-state index is 12.5. The summed E-state index contributed by atoms with van der Waals surface area (Å²) in [6.45, 7) is 5.16. The fourth-order valence-corrected chi connectivity index (χ4v) is 2.39. The van der Waals surface area contributed by atoms with Crippen LogP contribution in [0.15, 0.2) is 42.5 Å². The van der Waals surface area contributed by atoms with Crippen molar-refractivity contribution in [2.24, 2.45) is 0 Å². The second-order valence-corrected chi connectivity index (χ2v) is 6.08. The van der Waals surface area contributed by atoms with Crippen LogP contribution >= 0.6 is 0 Å². The van der Waals surface area contributed by atoms with Gasteiger partial charge in [0.15, 0.2) is 11.5 Å². The van der Waals surface area contributed by atoms with E-state index < -0.39 is 5.97 Å². The van der Waals surface area contributed by atoms with Gasteiger partial charge in [-0.2, -0.15) is 0 Å². The molecule has 27 heavy (non-hydrogen) atoms. The number of carbonyl (C=O) groups excluding carboxylic acids is 1. The van der Waals surface area contributed by atoms with E-state index in [0.29, 0.717) is 41.5 Å². The summed E-state index contributed by atoms with van der Waals surface area (Å²) in [6.07, 6.45) is 1.69. The number of ether oxygens (including phenoxy) is 2. The standard InChI is InChI=1S/C21H25NO5/c1-3-11-26-18-10-7-16(14-19(18)27-12-4-2)21(25)22-17-8-5-15(6-9-17)13-20(23)24/h5-10,14H,3-4,11-13H2,1-2H3,(H,22,25)(H,23,24). The van der Waals surface area contributed by atoms with Crippen LogP contribution in [0.3, 0.4) is 0 Å². The lowest BCUT2D eigenvalue weighted by Crippen LogP contribution is -2.12. The molecule has 0 bridgehead atoms. The third-order valence-electron chi connectivity index (χ3n) is 3.70. The average molecular weight is 371 g/mol. The van der Waals surface area contributed by atoms with Gasteiger partial charge in [-0.1, -0.05) is 26.0 Å². The summed E-state index contributed by atoms with van der Waals surface area (Å²) in [6, 6.07) is 11.8. The van der Waals surface area contributed by atoms with Crippen LogP contribution in [0, 0.1) is 0 Å². The number of benzene rings is 2. The normalized spacial score (nSPS) is 10.3. The maximum absolute atomic E-state index is 12.5. The fraction of sp³-hybridized carbons (Fsp3) is 0.333. The molecule has 1 amide bonds. The van der Waals surface area contributed by atoms with E-state index in [9.17, 15) is 9.59 Å². The zero-order valence-corrected chi connectivity index (χ0v) is 15.7. The van der Waals surface area contributed by atoms with Crippen LogP contribution in [0.4, 0.5) is 5.69 Å². The maximum Gasteiger partial charge on any atom is 0.307 e. The SMILES string of the molecule is CCCOc1ccc(C(=O)Nc2ccc(CC(=O)O)cc2)cc1OCCC. The summed E-state index contributed by atoms with van der Waals surface area (Å²) >= 11 is 0. The van der Waals surface area contributed by atoms with Gasteiger partial charge in [-0.3, -0.25) is 9.59 Å². The Kier molecular flexibility index (Phi) is 7.67. The van der Waals surface area contributed by atoms with Crippen molar-refractivity contribution in [2.75, 3.05) is 18.5 Å². The molecule has 6 nitrogen and oxygen atoms in total. The molecule has 0 fully saturated rings. The number of anilines is 1. The van der Waals surface area contributed by atoms with E-state index in [1.807, 2.05) is 13.8 Å². The zero-order chi connectivity index (χ0) is 19.6. The first-order valence-corrected chi connectivity index (χ1v) is 9.05. The molecule has 0 aliphatic carbocycles. The largest absolute Gasteiger partial charge is 0.490 e. The van der Waals surface area contributed by atoms with Gasteiger partial charge in [0.05, 0.1) is 19.6 Å². The second-order valence-electron chi connectivity index (χ2n) is 6.08. The molecule has 0 radical (unpaired) electrons. The highest BCUT2D eigenvalue weighted by Crippen LogP contribution is 2.29. The van der Waals surface area contributed by atoms with Crippen molar-refractivity contribution in [1.82, 2.24) is 0 Å². The van der Waals surface area contributed by atoms with Gasteiger partial charge >= 0.3 is 5.97 Å². The van der Waals surface area contributed by atoms with Gasteiger partial charge < -0.3 is 19.9 Å². The average Bonchev–Trinajstić information content (AvgIpc) is 2.66. The van der Waals surface area contributed by atoms with Crippen molar-refractivity contribution in [3.05, 3.63) is 53.6 Å². The summed E-state index contributed by atoms with van der Waals surface area (Å²) in [5.41, 5.74) is 1.73. The number of hydrogen-bond donors (Lipinski definition) is 2. The van der Waals surface area contributed by atoms with Crippen LogP contribution in [0.5, 0.6) is 11.5 Å². The summed E-state index contributed by atoms with van der Waals surface area (Å²) in [5.74, 6) is 0.00998. The molecule has 0 atom stereocenters. The fourth-order valence-electron chi connectivity index (χ4n) is 2.39. The minimum absolute atomic E-state index is 0.0500. The van der Waals surface area contributed by atoms with E-state index in [0.717, 1.165) is 12.8 Å². The lowest BCUT2D eigenvalue weighted by Gasteiger charge is -2.13. The van der Waals surface area contributed by atoms with E-state index >= 15 is 0 Å². The predicted octanol–water partition coefficient (Wildman–Crippen LogP) is 4.14. The highest BCUT2D eigenvalue weighted by Gasteiger charge is 2.12. The zero-order valence-electron chi connectivity index (χ0n) is 15.7. The quantitative estimate of drug-likeness (QED) is 0.655. The van der Waals surface area contributed by atoms with Gasteiger partial charge in [0.25, 0.3) is 5.91 Å². The molecular weight excluding hydrogens is 346 g/mol. The second kappa shape index (κ2) is 10.2. The molecule has 0 unspecified atom stereocenters. The number of carbonyl (C=O) groups is 2. The van der Waals surface area contributed by atoms with Crippen molar-refractivity contribution in [3.8, 4) is 11.5 Å². The van der Waals surface area contributed by atoms with Gasteiger partial charge in [-0.25, -0.2) is 0 Å². The van der Waals surface area contributed by atoms with Gasteiger partial charge in [-0.05, 0) is 48.7 Å². The highest BCUT2D eigenvalue weighted by atomic mass is 16.5. The third kappa shape index (κ3) is 6.33. The van der Waals surface area contributed by atoms with Gasteiger partial charge in [0, 0.05) is 11.3 Å². The Balaban J connectivity index is 2.11. The minimum Gasteiger partial charge on any atom is -0.490 e. The number of carboxylic acids is 1. The lowest BCUT2D eigenvalue weighted by molar-refractivity contribution is -0.136. The van der Waals surface area contributed by atoms with Crippen LogP contribution in [0.25, 0.3) is 0 Å². The molecule has 0 saturated carbocycles. The van der Waals surface area contributed by atoms with Crippen molar-refractivity contribution in [1.29, 1.82) is 0 Å². The number of carboxylic acid groups (broad SMARTS) is 1. The Bertz CT molecular complexity index is 771. The molecule has 0 heterocycles. The smallest absolute Gasteiger partial charge is 0.307 e. The number of nitrogens with one attached hydrogen (secondary N) is 1. The molecule has 144 valence electrons. The van der Waals surface area contributed by atoms with Crippen LogP contribution in [0.2, 0.25) is 0 Å². The van der Waals surface area contributed by atoms with Crippen LogP contribution in [-0.4, -0.2) is 30.2 Å². The molecule has 0 aromatic heterocycles. The van der Waals surface area contributed by atoms with E-state index in [-0.39, 0.29) is 12.3 Å². The molecule has 6 heteroatoms. The first kappa shape index (κ1) is 20.3. The molecule has 2 aromatic carbocycles. The van der Waals surface area contributed by atoms with E-state index in [2.05, 4.69) is 5.32 Å². The first-order valence-electron chi connectivity index (χ1n) is 9.05. The Hall–Kier alpha value is -3.02. The Morgan fingerprint density at radius 1 is 0.926 bits per heavy atom. The molecule has 0 aliphatic heterocycles. The van der Waals surface area contributed by atoms with Crippen molar-refractivity contribution >= 4 is 17.6 Å². The number of rotatable bonds is 10. The molecule has 2 N–H and O–H groups in total. The number of hydrogen-bond acceptors (Lipinski definition) is 4. The first-order chi connectivity index (χ1) is 13.0. The molecule has 2 rings (SSSR count). The Morgan fingerprint density at radius 3 is 2.15 bits per heavy atom. The molecular formula is C21H25NO5. The topological polar surface area (TPSA) is 84.9 Å².